The number of benzene rings is 2. The number of hydrogen-bond donors (Lipinski definition) is 1. The van der Waals surface area contributed by atoms with Crippen molar-refractivity contribution in [3.63, 3.8) is 0 Å². The molecule has 1 aliphatic rings. The Morgan fingerprint density at radius 2 is 1.87 bits per heavy atom. The topological polar surface area (TPSA) is 78.7 Å². The van der Waals surface area contributed by atoms with Crippen LogP contribution in [0, 0.1) is 10.1 Å². The number of anilines is 2. The molecule has 0 saturated carbocycles. The minimum absolute atomic E-state index is 0.0307. The van der Waals surface area contributed by atoms with Gasteiger partial charge in [-0.15, -0.1) is 11.8 Å². The van der Waals surface area contributed by atoms with Gasteiger partial charge in [-0.25, -0.2) is 0 Å². The van der Waals surface area contributed by atoms with Crippen molar-refractivity contribution in [1.82, 2.24) is 4.90 Å². The molecule has 0 bridgehead atoms. The number of nitro groups is 1. The number of carbonyl (C=O) groups excluding carboxylic acids is 1. The average molecular weight is 449 g/mol. The predicted molar refractivity (Wildman–Crippen MR) is 123 cm³/mol. The molecule has 7 nitrogen and oxygen atoms in total. The van der Waals surface area contributed by atoms with Crippen LogP contribution in [0.2, 0.25) is 5.02 Å². The van der Waals surface area contributed by atoms with Crippen LogP contribution in [-0.4, -0.2) is 53.7 Å². The summed E-state index contributed by atoms with van der Waals surface area (Å²) in [5, 5.41) is 14.0. The van der Waals surface area contributed by atoms with Gasteiger partial charge in [-0.2, -0.15) is 0 Å². The van der Waals surface area contributed by atoms with Crippen molar-refractivity contribution in [3.8, 4) is 0 Å². The monoisotopic (exact) mass is 448 g/mol. The van der Waals surface area contributed by atoms with Gasteiger partial charge in [0.2, 0.25) is 5.91 Å². The van der Waals surface area contributed by atoms with E-state index in [1.165, 1.54) is 23.9 Å². The highest BCUT2D eigenvalue weighted by atomic mass is 35.5. The molecule has 0 aliphatic carbocycles. The summed E-state index contributed by atoms with van der Waals surface area (Å²) in [7, 11) is 0. The predicted octanol–water partition coefficient (Wildman–Crippen LogP) is 4.51. The summed E-state index contributed by atoms with van der Waals surface area (Å²) < 4.78 is 0. The van der Waals surface area contributed by atoms with E-state index in [-0.39, 0.29) is 16.8 Å². The summed E-state index contributed by atoms with van der Waals surface area (Å²) in [5.74, 6) is -0.144. The molecule has 0 radical (unpaired) electrons. The van der Waals surface area contributed by atoms with Crippen LogP contribution in [-0.2, 0) is 4.79 Å². The number of nitrogens with one attached hydrogen (secondary N) is 1. The molecule has 1 heterocycles. The lowest BCUT2D eigenvalue weighted by atomic mass is 10.2. The van der Waals surface area contributed by atoms with Crippen LogP contribution >= 0.6 is 23.4 Å². The molecule has 3 rings (SSSR count). The molecule has 1 amide bonds. The van der Waals surface area contributed by atoms with E-state index in [9.17, 15) is 14.9 Å². The molecule has 0 aromatic heterocycles. The van der Waals surface area contributed by atoms with Crippen LogP contribution in [0.15, 0.2) is 47.4 Å². The summed E-state index contributed by atoms with van der Waals surface area (Å²) in [4.78, 5) is 28.6. The molecular weight excluding hydrogens is 424 g/mol. The van der Waals surface area contributed by atoms with E-state index in [1.54, 1.807) is 18.2 Å². The zero-order valence-corrected chi connectivity index (χ0v) is 18.6. The fourth-order valence-electron chi connectivity index (χ4n) is 3.33. The smallest absolute Gasteiger partial charge is 0.269 e. The maximum atomic E-state index is 12.8. The Balaban J connectivity index is 1.68. The SMILES string of the molecule is CCN1CCN(c2ccc(Cl)cc2NC(=O)C(C)Sc2ccc([N+](=O)[O-])cc2)CC1. The summed E-state index contributed by atoms with van der Waals surface area (Å²) >= 11 is 7.55. The molecule has 2 aromatic rings. The first-order chi connectivity index (χ1) is 14.4. The second-order valence-electron chi connectivity index (χ2n) is 7.08. The summed E-state index contributed by atoms with van der Waals surface area (Å²) in [6.07, 6.45) is 0. The third-order valence-electron chi connectivity index (χ3n) is 5.11. The first kappa shape index (κ1) is 22.4. The zero-order valence-electron chi connectivity index (χ0n) is 17.0. The molecule has 30 heavy (non-hydrogen) atoms. The first-order valence-corrected chi connectivity index (χ1v) is 11.1. The Kier molecular flexibility index (Phi) is 7.58. The van der Waals surface area contributed by atoms with Crippen molar-refractivity contribution in [1.29, 1.82) is 0 Å². The fourth-order valence-corrected chi connectivity index (χ4v) is 4.37. The van der Waals surface area contributed by atoms with Gasteiger partial charge in [0.25, 0.3) is 5.69 Å². The Bertz CT molecular complexity index is 902. The van der Waals surface area contributed by atoms with Crippen molar-refractivity contribution in [2.24, 2.45) is 0 Å². The second-order valence-corrected chi connectivity index (χ2v) is 8.93. The second kappa shape index (κ2) is 10.1. The highest BCUT2D eigenvalue weighted by Crippen LogP contribution is 2.32. The number of thioether (sulfide) groups is 1. The van der Waals surface area contributed by atoms with E-state index in [4.69, 9.17) is 11.6 Å². The minimum Gasteiger partial charge on any atom is -0.367 e. The van der Waals surface area contributed by atoms with Gasteiger partial charge in [0, 0.05) is 48.2 Å². The minimum atomic E-state index is -0.439. The van der Waals surface area contributed by atoms with Gasteiger partial charge >= 0.3 is 0 Å². The van der Waals surface area contributed by atoms with Crippen LogP contribution in [0.25, 0.3) is 0 Å². The molecule has 1 aliphatic heterocycles. The van der Waals surface area contributed by atoms with Crippen LogP contribution in [0.1, 0.15) is 13.8 Å². The lowest BCUT2D eigenvalue weighted by Gasteiger charge is -2.36. The Labute approximate surface area is 185 Å². The van der Waals surface area contributed by atoms with Gasteiger partial charge in [-0.1, -0.05) is 18.5 Å². The van der Waals surface area contributed by atoms with Crippen LogP contribution in [0.4, 0.5) is 17.1 Å². The van der Waals surface area contributed by atoms with E-state index in [2.05, 4.69) is 22.0 Å². The van der Waals surface area contributed by atoms with Gasteiger partial charge in [-0.3, -0.25) is 14.9 Å². The molecule has 0 spiro atoms. The number of amides is 1. The molecule has 1 fully saturated rings. The maximum Gasteiger partial charge on any atom is 0.269 e. The Hall–Kier alpha value is -2.29. The zero-order chi connectivity index (χ0) is 21.7. The molecule has 2 aromatic carbocycles. The number of piperazine rings is 1. The normalized spacial score (nSPS) is 15.6. The van der Waals surface area contributed by atoms with Crippen molar-refractivity contribution >= 4 is 46.3 Å². The highest BCUT2D eigenvalue weighted by Gasteiger charge is 2.21. The largest absolute Gasteiger partial charge is 0.367 e. The van der Waals surface area contributed by atoms with Crippen molar-refractivity contribution in [2.45, 2.75) is 24.0 Å². The number of rotatable bonds is 7. The van der Waals surface area contributed by atoms with Crippen molar-refractivity contribution in [3.05, 3.63) is 57.6 Å². The molecule has 9 heteroatoms. The van der Waals surface area contributed by atoms with E-state index >= 15 is 0 Å². The van der Waals surface area contributed by atoms with Crippen LogP contribution in [0.3, 0.4) is 0 Å². The Morgan fingerprint density at radius 3 is 2.47 bits per heavy atom. The van der Waals surface area contributed by atoms with Crippen molar-refractivity contribution < 1.29 is 9.72 Å². The van der Waals surface area contributed by atoms with Gasteiger partial charge < -0.3 is 15.1 Å². The molecule has 1 unspecified atom stereocenters. The van der Waals surface area contributed by atoms with Gasteiger partial charge in [0.05, 0.1) is 21.5 Å². The van der Waals surface area contributed by atoms with E-state index in [0.717, 1.165) is 43.3 Å². The molecule has 160 valence electrons. The number of nitro benzene ring substituents is 1. The number of hydrogen-bond acceptors (Lipinski definition) is 6. The van der Waals surface area contributed by atoms with Gasteiger partial charge in [0.1, 0.15) is 0 Å². The lowest BCUT2D eigenvalue weighted by molar-refractivity contribution is -0.384. The quantitative estimate of drug-likeness (QED) is 0.381. The highest BCUT2D eigenvalue weighted by molar-refractivity contribution is 8.00. The summed E-state index contributed by atoms with van der Waals surface area (Å²) in [5.41, 5.74) is 1.70. The first-order valence-electron chi connectivity index (χ1n) is 9.86. The van der Waals surface area contributed by atoms with E-state index in [1.807, 2.05) is 19.1 Å². The number of non-ortho nitro benzene ring substituents is 1. The van der Waals surface area contributed by atoms with Gasteiger partial charge in [-0.05, 0) is 43.8 Å². The van der Waals surface area contributed by atoms with Crippen LogP contribution in [0.5, 0.6) is 0 Å². The Morgan fingerprint density at radius 1 is 1.20 bits per heavy atom. The van der Waals surface area contributed by atoms with E-state index < -0.39 is 4.92 Å². The van der Waals surface area contributed by atoms with Crippen molar-refractivity contribution in [2.75, 3.05) is 42.9 Å². The average Bonchev–Trinajstić information content (AvgIpc) is 2.74. The molecular formula is C21H25ClN4O3S. The third kappa shape index (κ3) is 5.65. The molecule has 1 N–H and O–H groups in total. The maximum absolute atomic E-state index is 12.8. The standard InChI is InChI=1S/C21H25ClN4O3S/c1-3-24-10-12-25(13-11-24)20-9-4-16(22)14-19(20)23-21(27)15(2)30-18-7-5-17(6-8-18)26(28)29/h4-9,14-15H,3,10-13H2,1-2H3,(H,23,27). The van der Waals surface area contributed by atoms with Crippen LogP contribution < -0.4 is 10.2 Å². The third-order valence-corrected chi connectivity index (χ3v) is 6.45. The number of halogens is 1. The summed E-state index contributed by atoms with van der Waals surface area (Å²) in [6, 6.07) is 11.8. The van der Waals surface area contributed by atoms with E-state index in [0.29, 0.717) is 10.7 Å². The number of likely N-dealkylation sites (N-methyl/N-ethyl adjacent to an activating group) is 1. The molecule has 1 atom stereocenters. The summed E-state index contributed by atoms with van der Waals surface area (Å²) in [6.45, 7) is 8.77. The fraction of sp³-hybridized carbons (Fsp3) is 0.381. The number of carbonyl (C=O) groups is 1. The molecule has 1 saturated heterocycles. The number of nitrogens with zero attached hydrogens (tertiary/aromatic N) is 3. The lowest BCUT2D eigenvalue weighted by Crippen LogP contribution is -2.46. The van der Waals surface area contributed by atoms with Gasteiger partial charge in [0.15, 0.2) is 0 Å².